The van der Waals surface area contributed by atoms with Gasteiger partial charge in [0, 0.05) is 44.6 Å². The fourth-order valence-electron chi connectivity index (χ4n) is 11.8. The summed E-state index contributed by atoms with van der Waals surface area (Å²) in [6, 6.07) is 11.6. The molecule has 0 aromatic heterocycles. The molecule has 57 heavy (non-hydrogen) atoms. The van der Waals surface area contributed by atoms with Crippen molar-refractivity contribution in [2.45, 2.75) is 153 Å². The van der Waals surface area contributed by atoms with E-state index in [-0.39, 0.29) is 61.0 Å². The SMILES string of the molecule is CC[C@H]1CCC[C@H](O[C@H]2CC[C@H](N(C)C)C(C)O2)[C@@H](C)C2=S=C(C[C@@H]3C2=C[C@@H]2C3C(c3ccccc3)=CC3C[C@@H](O[C@@H]4OC(C)[C@H](OC)C(OC)C4OC)C[C@H]32)O1. The maximum absolute atomic E-state index is 7.08. The lowest BCUT2D eigenvalue weighted by Gasteiger charge is -2.44. The van der Waals surface area contributed by atoms with Crippen LogP contribution >= 0.6 is 10.9 Å². The van der Waals surface area contributed by atoms with Crippen LogP contribution < -0.4 is 0 Å². The molecule has 316 valence electrons. The lowest BCUT2D eigenvalue weighted by atomic mass is 9.65. The van der Waals surface area contributed by atoms with Crippen LogP contribution in [0.3, 0.4) is 0 Å². The second-order valence-electron chi connectivity index (χ2n) is 18.2. The first-order valence-electron chi connectivity index (χ1n) is 22.0. The van der Waals surface area contributed by atoms with Crippen molar-refractivity contribution >= 4 is 26.4 Å². The second-order valence-corrected chi connectivity index (χ2v) is 19.3. The maximum Gasteiger partial charge on any atom is 0.187 e. The van der Waals surface area contributed by atoms with Gasteiger partial charge in [0.1, 0.15) is 23.4 Å². The van der Waals surface area contributed by atoms with Gasteiger partial charge in [0.15, 0.2) is 12.6 Å². The highest BCUT2D eigenvalue weighted by molar-refractivity contribution is 7.98. The first-order valence-corrected chi connectivity index (χ1v) is 22.9. The molecule has 1 saturated carbocycles. The number of allylic oxidation sites excluding steroid dienone is 4. The van der Waals surface area contributed by atoms with Crippen LogP contribution in [0.15, 0.2) is 48.1 Å². The van der Waals surface area contributed by atoms with Crippen molar-refractivity contribution in [3.05, 3.63) is 53.6 Å². The predicted octanol–water partition coefficient (Wildman–Crippen LogP) is 7.97. The van der Waals surface area contributed by atoms with Crippen molar-refractivity contribution in [2.75, 3.05) is 35.4 Å². The van der Waals surface area contributed by atoms with E-state index in [1.165, 1.54) is 26.6 Å². The van der Waals surface area contributed by atoms with Gasteiger partial charge >= 0.3 is 0 Å². The average molecular weight is 808 g/mol. The maximum atomic E-state index is 7.08. The zero-order valence-corrected chi connectivity index (χ0v) is 36.7. The van der Waals surface area contributed by atoms with Crippen molar-refractivity contribution in [1.29, 1.82) is 0 Å². The highest BCUT2D eigenvalue weighted by Gasteiger charge is 2.54. The number of methoxy groups -OCH3 is 3. The summed E-state index contributed by atoms with van der Waals surface area (Å²) >= 11 is 0. The molecule has 10 heteroatoms. The molecule has 8 rings (SSSR count). The van der Waals surface area contributed by atoms with Crippen LogP contribution in [0, 0.1) is 35.5 Å². The summed E-state index contributed by atoms with van der Waals surface area (Å²) in [5.74, 6) is 2.23. The Labute approximate surface area is 345 Å². The molecule has 9 nitrogen and oxygen atoms in total. The molecular weight excluding hydrogens is 739 g/mol. The Morgan fingerprint density at radius 1 is 0.807 bits per heavy atom. The minimum Gasteiger partial charge on any atom is -0.376 e. The molecule has 0 amide bonds. The lowest BCUT2D eigenvalue weighted by molar-refractivity contribution is -0.314. The number of fused-ring (bicyclic) bond motifs is 6. The third-order valence-corrected chi connectivity index (χ3v) is 16.0. The van der Waals surface area contributed by atoms with Crippen molar-refractivity contribution in [3.63, 3.8) is 0 Å². The first kappa shape index (κ1) is 42.0. The molecule has 6 unspecified atom stereocenters. The number of rotatable bonds is 10. The molecule has 3 fully saturated rings. The standard InChI is InChI=1S/C47H69NO8S/c1-10-31-17-14-18-39(56-40-20-19-38(48(5)6)27(3)52-40)26(2)46-37-24-35-33-23-32(55-47-45(51-9)44(50-8)43(49-7)28(4)53-47)21-30(33)22-34(29-15-12-11-13-16-29)42(35)36(37)25-41(54-31)57-46/h11-13,15-16,22,24,26-28,30-33,35-36,38-40,42-45,47H,10,14,17-21,23,25H2,1-9H3/t26-,27?,28?,30?,31+,32-,33-,35+,36-,38+,39+,40+,42?,43+,44?,45?,47+/m1/s1. The van der Waals surface area contributed by atoms with E-state index in [1.54, 1.807) is 21.3 Å². The van der Waals surface area contributed by atoms with Crippen molar-refractivity contribution in [1.82, 2.24) is 4.90 Å². The van der Waals surface area contributed by atoms with Crippen molar-refractivity contribution in [2.24, 2.45) is 35.5 Å². The van der Waals surface area contributed by atoms with Crippen molar-refractivity contribution < 1.29 is 37.9 Å². The Morgan fingerprint density at radius 3 is 2.28 bits per heavy atom. The normalized spacial score (nSPS) is 43.4. The topological polar surface area (TPSA) is 77.1 Å². The predicted molar refractivity (Wildman–Crippen MR) is 227 cm³/mol. The monoisotopic (exact) mass is 807 g/mol. The van der Waals surface area contributed by atoms with Crippen LogP contribution in [-0.2, 0) is 37.9 Å². The van der Waals surface area contributed by atoms with Crippen LogP contribution in [0.5, 0.6) is 0 Å². The zero-order chi connectivity index (χ0) is 40.0. The third-order valence-electron chi connectivity index (χ3n) is 14.7. The molecule has 4 heterocycles. The molecule has 3 aliphatic carbocycles. The number of benzene rings is 1. The van der Waals surface area contributed by atoms with Gasteiger partial charge in [-0.1, -0.05) is 56.3 Å². The summed E-state index contributed by atoms with van der Waals surface area (Å²) in [5.41, 5.74) is 4.36. The van der Waals surface area contributed by atoms with Crippen LogP contribution in [0.25, 0.3) is 5.57 Å². The largest absolute Gasteiger partial charge is 0.376 e. The molecule has 4 aliphatic heterocycles. The van der Waals surface area contributed by atoms with Crippen LogP contribution in [0.1, 0.15) is 91.0 Å². The fraction of sp³-hybridized carbons (Fsp3) is 0.745. The summed E-state index contributed by atoms with van der Waals surface area (Å²) in [6.07, 6.45) is 13.1. The molecule has 7 aliphatic rings. The number of hydrogen-bond acceptors (Lipinski definition) is 9. The Balaban J connectivity index is 1.10. The zero-order valence-electron chi connectivity index (χ0n) is 35.8. The minimum absolute atomic E-state index is 0.0453. The smallest absolute Gasteiger partial charge is 0.187 e. The van der Waals surface area contributed by atoms with Gasteiger partial charge in [0.05, 0.1) is 30.5 Å². The number of hydrogen-bond donors (Lipinski definition) is 0. The second kappa shape index (κ2) is 18.1. The van der Waals surface area contributed by atoms with Crippen LogP contribution in [-0.4, -0.2) is 118 Å². The van der Waals surface area contributed by atoms with Gasteiger partial charge in [-0.05, 0) is 126 Å². The molecular formula is C47H69NO8S. The Morgan fingerprint density at radius 2 is 1.58 bits per heavy atom. The van der Waals surface area contributed by atoms with Gasteiger partial charge in [0.2, 0.25) is 0 Å². The van der Waals surface area contributed by atoms with Crippen molar-refractivity contribution in [3.8, 4) is 0 Å². The highest BCUT2D eigenvalue weighted by Crippen LogP contribution is 2.59. The fourth-order valence-corrected chi connectivity index (χ4v) is 13.2. The molecule has 2 saturated heterocycles. The molecule has 1 aromatic carbocycles. The van der Waals surface area contributed by atoms with Crippen LogP contribution in [0.2, 0.25) is 0 Å². The average Bonchev–Trinajstić information content (AvgIpc) is 3.80. The van der Waals surface area contributed by atoms with E-state index in [1.807, 2.05) is 17.9 Å². The van der Waals surface area contributed by atoms with Gasteiger partial charge in [-0.15, -0.1) is 10.9 Å². The van der Waals surface area contributed by atoms with Crippen LogP contribution in [0.4, 0.5) is 0 Å². The molecule has 17 atom stereocenters. The van der Waals surface area contributed by atoms with E-state index in [0.29, 0.717) is 35.6 Å². The molecule has 1 aromatic rings. The highest BCUT2D eigenvalue weighted by atomic mass is 32.1. The van der Waals surface area contributed by atoms with Gasteiger partial charge in [0.25, 0.3) is 0 Å². The Kier molecular flexibility index (Phi) is 13.3. The molecule has 2 bridgehead atoms. The summed E-state index contributed by atoms with van der Waals surface area (Å²) in [6.45, 7) is 8.93. The summed E-state index contributed by atoms with van der Waals surface area (Å²) < 4.78 is 51.8. The van der Waals surface area contributed by atoms with Gasteiger partial charge in [-0.3, -0.25) is 0 Å². The van der Waals surface area contributed by atoms with E-state index >= 15 is 0 Å². The van der Waals surface area contributed by atoms with E-state index < -0.39 is 6.29 Å². The minimum atomic E-state index is -0.529. The number of likely N-dealkylation sites (N-methyl/N-ethyl adjacent to an activating group) is 1. The molecule has 0 radical (unpaired) electrons. The Hall–Kier alpha value is -1.70. The summed E-state index contributed by atoms with van der Waals surface area (Å²) in [5, 5.41) is 1.20. The van der Waals surface area contributed by atoms with Gasteiger partial charge in [-0.25, -0.2) is 0 Å². The number of nitrogens with zero attached hydrogens (tertiary/aromatic N) is 1. The van der Waals surface area contributed by atoms with Gasteiger partial charge in [-0.2, -0.15) is 0 Å². The quantitative estimate of drug-likeness (QED) is 0.219. The molecule has 0 spiro atoms. The van der Waals surface area contributed by atoms with E-state index in [2.05, 4.69) is 82.3 Å². The third kappa shape index (κ3) is 8.36. The Bertz CT molecular complexity index is 1680. The first-order chi connectivity index (χ1) is 27.6. The van der Waals surface area contributed by atoms with Gasteiger partial charge < -0.3 is 42.8 Å². The van der Waals surface area contributed by atoms with E-state index in [0.717, 1.165) is 57.8 Å². The number of ether oxygens (including phenoxy) is 8. The van der Waals surface area contributed by atoms with E-state index in [4.69, 9.17) is 37.9 Å². The summed E-state index contributed by atoms with van der Waals surface area (Å²) in [4.78, 5) is 3.75. The van der Waals surface area contributed by atoms with E-state index in [9.17, 15) is 0 Å². The summed E-state index contributed by atoms with van der Waals surface area (Å²) in [7, 11) is 11.4. The lowest BCUT2D eigenvalue weighted by Crippen LogP contribution is -2.59. The molecule has 0 N–H and O–H groups in total.